The summed E-state index contributed by atoms with van der Waals surface area (Å²) in [4.78, 5) is 13.0. The van der Waals surface area contributed by atoms with Crippen molar-refractivity contribution in [1.29, 1.82) is 0 Å². The van der Waals surface area contributed by atoms with Gasteiger partial charge < -0.3 is 18.7 Å². The number of allylic oxidation sites excluding steroid dienone is 1. The van der Waals surface area contributed by atoms with Crippen LogP contribution in [0.15, 0.2) is 12.2 Å². The molecule has 0 saturated heterocycles. The number of esters is 1. The molecule has 2 unspecified atom stereocenters. The van der Waals surface area contributed by atoms with Crippen molar-refractivity contribution in [2.75, 3.05) is 13.2 Å². The Morgan fingerprint density at radius 1 is 1.06 bits per heavy atom. The molecule has 1 N–H and O–H groups in total. The average Bonchev–Trinajstić information content (AvgIpc) is 3.18. The lowest BCUT2D eigenvalue weighted by atomic mass is 9.80. The van der Waals surface area contributed by atoms with E-state index in [0.717, 1.165) is 24.6 Å². The van der Waals surface area contributed by atoms with E-state index in [1.807, 2.05) is 6.92 Å². The third-order valence-electron chi connectivity index (χ3n) is 8.26. The van der Waals surface area contributed by atoms with Crippen molar-refractivity contribution in [3.05, 3.63) is 12.2 Å². The van der Waals surface area contributed by atoms with Crippen molar-refractivity contribution in [3.63, 3.8) is 0 Å². The maximum atomic E-state index is 13.0. The summed E-state index contributed by atoms with van der Waals surface area (Å²) in [7, 11) is -3.69. The number of aliphatic hydroxyl groups excluding tert-OH is 1. The van der Waals surface area contributed by atoms with Crippen molar-refractivity contribution >= 4 is 22.6 Å². The van der Waals surface area contributed by atoms with Gasteiger partial charge in [0.15, 0.2) is 16.6 Å². The monoisotopic (exact) mass is 500 g/mol. The highest BCUT2D eigenvalue weighted by Crippen LogP contribution is 2.41. The van der Waals surface area contributed by atoms with E-state index < -0.39 is 28.7 Å². The van der Waals surface area contributed by atoms with Gasteiger partial charge in [0.2, 0.25) is 0 Å². The summed E-state index contributed by atoms with van der Waals surface area (Å²) in [6.45, 7) is 22.6. The molecule has 7 heteroatoms. The molecule has 0 saturated carbocycles. The van der Waals surface area contributed by atoms with Gasteiger partial charge in [-0.15, -0.1) is 0 Å². The largest absolute Gasteiger partial charge is 0.466 e. The molecule has 5 atom stereocenters. The summed E-state index contributed by atoms with van der Waals surface area (Å²) in [6.07, 6.45) is 4.81. The van der Waals surface area contributed by atoms with Crippen LogP contribution in [0.4, 0.5) is 0 Å². The van der Waals surface area contributed by atoms with Crippen LogP contribution in [0.2, 0.25) is 36.3 Å². The number of carbonyl (C=O) groups is 1. The van der Waals surface area contributed by atoms with E-state index in [9.17, 15) is 9.90 Å². The Morgan fingerprint density at radius 2 is 1.64 bits per heavy atom. The minimum absolute atomic E-state index is 0.0170. The topological polar surface area (TPSA) is 65.0 Å². The van der Waals surface area contributed by atoms with Gasteiger partial charge in [0.05, 0.1) is 24.7 Å². The Labute approximate surface area is 205 Å². The Balaban J connectivity index is 3.01. The van der Waals surface area contributed by atoms with Crippen molar-refractivity contribution in [1.82, 2.24) is 0 Å². The summed E-state index contributed by atoms with van der Waals surface area (Å²) in [5, 5.41) is 11.6. The summed E-state index contributed by atoms with van der Waals surface area (Å²) in [6, 6.07) is 3.23. The molecule has 5 nitrogen and oxygen atoms in total. The van der Waals surface area contributed by atoms with Gasteiger partial charge in [-0.3, -0.25) is 4.79 Å². The normalized spacial score (nSPS) is 22.3. The fraction of sp³-hybridized carbons (Fsp3) is 0.885. The molecule has 0 bridgehead atoms. The zero-order chi connectivity index (χ0) is 25.4. The molecule has 0 radical (unpaired) electrons. The van der Waals surface area contributed by atoms with E-state index in [1.165, 1.54) is 0 Å². The first-order valence-electron chi connectivity index (χ1n) is 13.2. The van der Waals surface area contributed by atoms with Crippen LogP contribution in [0, 0.1) is 17.8 Å². The molecule has 0 aromatic heterocycles. The fourth-order valence-corrected chi connectivity index (χ4v) is 8.46. The Bertz CT molecular complexity index is 616. The predicted octanol–water partition coefficient (Wildman–Crippen LogP) is 6.54. The molecule has 1 rings (SSSR count). The van der Waals surface area contributed by atoms with Crippen LogP contribution in [0.25, 0.3) is 0 Å². The highest BCUT2D eigenvalue weighted by molar-refractivity contribution is 6.74. The Hall–Kier alpha value is -0.476. The zero-order valence-corrected chi connectivity index (χ0v) is 25.1. The molecule has 0 aromatic rings. The van der Waals surface area contributed by atoms with Gasteiger partial charge in [0.25, 0.3) is 0 Å². The quantitative estimate of drug-likeness (QED) is 0.167. The Kier molecular flexibility index (Phi) is 12.0. The molecule has 0 fully saturated rings. The first kappa shape index (κ1) is 30.6. The van der Waals surface area contributed by atoms with Gasteiger partial charge in [-0.2, -0.15) is 0 Å². The number of hydrogen-bond donors (Lipinski definition) is 1. The standard InChI is InChI=1S/C26H52O5Si2/c1-11-20(19-30-33(13-3,14-4)15-5)24(27)23(25(28)29-12-2)21-16-17-22(18-21)31-32(9,10)26(6,7)8/h16-17,20-24,27H,11-15,18-19H2,1-10H3/t20-,21+,22-,23?,24?/m1/s1. The second kappa shape index (κ2) is 13.0. The summed E-state index contributed by atoms with van der Waals surface area (Å²) >= 11 is 0. The number of aliphatic hydroxyl groups is 1. The minimum Gasteiger partial charge on any atom is -0.466 e. The van der Waals surface area contributed by atoms with Crippen LogP contribution in [0.5, 0.6) is 0 Å². The van der Waals surface area contributed by atoms with Gasteiger partial charge in [0, 0.05) is 12.5 Å². The highest BCUT2D eigenvalue weighted by atomic mass is 28.4. The van der Waals surface area contributed by atoms with E-state index in [4.69, 9.17) is 13.6 Å². The van der Waals surface area contributed by atoms with Gasteiger partial charge in [-0.05, 0) is 61.9 Å². The average molecular weight is 501 g/mol. The van der Waals surface area contributed by atoms with Crippen LogP contribution in [0.3, 0.4) is 0 Å². The maximum Gasteiger partial charge on any atom is 0.312 e. The first-order chi connectivity index (χ1) is 15.3. The highest BCUT2D eigenvalue weighted by Gasteiger charge is 2.44. The number of carbonyl (C=O) groups excluding carboxylic acids is 1. The second-order valence-corrected chi connectivity index (χ2v) is 20.7. The van der Waals surface area contributed by atoms with E-state index >= 15 is 0 Å². The predicted molar refractivity (Wildman–Crippen MR) is 142 cm³/mol. The summed E-state index contributed by atoms with van der Waals surface area (Å²) in [5.41, 5.74) is 0. The van der Waals surface area contributed by atoms with Gasteiger partial charge in [0.1, 0.15) is 0 Å². The lowest BCUT2D eigenvalue weighted by Gasteiger charge is -2.38. The van der Waals surface area contributed by atoms with Crippen LogP contribution < -0.4 is 0 Å². The lowest BCUT2D eigenvalue weighted by molar-refractivity contribution is -0.156. The molecule has 194 valence electrons. The first-order valence-corrected chi connectivity index (χ1v) is 18.6. The molecule has 1 aliphatic rings. The van der Waals surface area contributed by atoms with E-state index in [0.29, 0.717) is 19.6 Å². The summed E-state index contributed by atoms with van der Waals surface area (Å²) < 4.78 is 18.5. The smallest absolute Gasteiger partial charge is 0.312 e. The molecular formula is C26H52O5Si2. The van der Waals surface area contributed by atoms with Gasteiger partial charge in [-0.1, -0.05) is 60.6 Å². The Morgan fingerprint density at radius 3 is 2.09 bits per heavy atom. The van der Waals surface area contributed by atoms with Crippen LogP contribution in [0.1, 0.15) is 68.2 Å². The van der Waals surface area contributed by atoms with Crippen molar-refractivity contribution in [3.8, 4) is 0 Å². The number of hydrogen-bond acceptors (Lipinski definition) is 5. The molecule has 0 heterocycles. The van der Waals surface area contributed by atoms with E-state index in [-0.39, 0.29) is 28.9 Å². The van der Waals surface area contributed by atoms with Gasteiger partial charge in [-0.25, -0.2) is 0 Å². The minimum atomic E-state index is -1.92. The van der Waals surface area contributed by atoms with Crippen LogP contribution >= 0.6 is 0 Å². The molecule has 0 spiro atoms. The zero-order valence-electron chi connectivity index (χ0n) is 23.1. The molecule has 0 aromatic carbocycles. The number of rotatable bonds is 14. The number of ether oxygens (including phenoxy) is 1. The third-order valence-corrected chi connectivity index (χ3v) is 17.4. The molecule has 33 heavy (non-hydrogen) atoms. The van der Waals surface area contributed by atoms with Crippen molar-refractivity contribution < 1.29 is 23.5 Å². The second-order valence-electron chi connectivity index (χ2n) is 11.2. The SMILES string of the molecule is CCOC(=O)C(C(O)[C@H](CC)CO[Si](CC)(CC)CC)[C@H]1C=C[C@@H](O[Si](C)(C)C(C)(C)C)C1. The molecule has 0 aliphatic heterocycles. The van der Waals surface area contributed by atoms with Crippen molar-refractivity contribution in [2.45, 2.75) is 117 Å². The summed E-state index contributed by atoms with van der Waals surface area (Å²) in [5.74, 6) is -1.09. The lowest BCUT2D eigenvalue weighted by Crippen LogP contribution is -2.45. The van der Waals surface area contributed by atoms with Crippen LogP contribution in [-0.4, -0.2) is 53.1 Å². The van der Waals surface area contributed by atoms with Crippen LogP contribution in [-0.2, 0) is 18.4 Å². The van der Waals surface area contributed by atoms with Gasteiger partial charge >= 0.3 is 5.97 Å². The molecular weight excluding hydrogens is 448 g/mol. The maximum absolute atomic E-state index is 13.0. The van der Waals surface area contributed by atoms with E-state index in [1.54, 1.807) is 0 Å². The fourth-order valence-electron chi connectivity index (χ4n) is 4.50. The molecule has 0 amide bonds. The van der Waals surface area contributed by atoms with E-state index in [2.05, 4.69) is 73.7 Å². The van der Waals surface area contributed by atoms with Crippen molar-refractivity contribution in [2.24, 2.45) is 17.8 Å². The molecule has 1 aliphatic carbocycles. The third kappa shape index (κ3) is 8.02.